The summed E-state index contributed by atoms with van der Waals surface area (Å²) in [7, 11) is 0. The summed E-state index contributed by atoms with van der Waals surface area (Å²) in [5.74, 6) is -0.542. The van der Waals surface area contributed by atoms with Gasteiger partial charge in [0, 0.05) is 17.3 Å². The Balaban J connectivity index is 1.69. The lowest BCUT2D eigenvalue weighted by Gasteiger charge is -1.99. The number of allylic oxidation sites excluding steroid dienone is 1. The van der Waals surface area contributed by atoms with Gasteiger partial charge < -0.3 is 0 Å². The Labute approximate surface area is 160 Å². The van der Waals surface area contributed by atoms with Crippen molar-refractivity contribution in [1.29, 1.82) is 0 Å². The van der Waals surface area contributed by atoms with Crippen molar-refractivity contribution in [1.82, 2.24) is 9.78 Å². The number of benzene rings is 2. The molecule has 3 nitrogen and oxygen atoms in total. The summed E-state index contributed by atoms with van der Waals surface area (Å²) in [6.45, 7) is 0. The van der Waals surface area contributed by atoms with Crippen LogP contribution >= 0.6 is 11.3 Å². The maximum absolute atomic E-state index is 13.0. The molecule has 2 aromatic heterocycles. The standard InChI is InChI=1S/C22H15FN2OS/c23-18-11-8-16(9-12-18)20(26)13-10-17-15-25(19-5-2-1-3-6-19)24-22(17)21-7-4-14-27-21/h1-15H/b13-10-. The average Bonchev–Trinajstić information content (AvgIpc) is 3.37. The molecule has 0 N–H and O–H groups in total. The van der Waals surface area contributed by atoms with E-state index < -0.39 is 0 Å². The van der Waals surface area contributed by atoms with Gasteiger partial charge in [-0.2, -0.15) is 5.10 Å². The number of aromatic nitrogens is 2. The summed E-state index contributed by atoms with van der Waals surface area (Å²) >= 11 is 1.59. The third kappa shape index (κ3) is 3.78. The van der Waals surface area contributed by atoms with Gasteiger partial charge in [0.25, 0.3) is 0 Å². The van der Waals surface area contributed by atoms with Gasteiger partial charge >= 0.3 is 0 Å². The van der Waals surface area contributed by atoms with Crippen LogP contribution in [0.2, 0.25) is 0 Å². The monoisotopic (exact) mass is 374 g/mol. The lowest BCUT2D eigenvalue weighted by molar-refractivity contribution is 0.104. The average molecular weight is 374 g/mol. The Kier molecular flexibility index (Phi) is 4.77. The van der Waals surface area contributed by atoms with E-state index in [9.17, 15) is 9.18 Å². The van der Waals surface area contributed by atoms with Gasteiger partial charge in [0.15, 0.2) is 5.78 Å². The highest BCUT2D eigenvalue weighted by Crippen LogP contribution is 2.28. The molecule has 0 amide bonds. The summed E-state index contributed by atoms with van der Waals surface area (Å²) in [5, 5.41) is 6.69. The van der Waals surface area contributed by atoms with Crippen molar-refractivity contribution in [3.05, 3.63) is 101 Å². The highest BCUT2D eigenvalue weighted by atomic mass is 32.1. The van der Waals surface area contributed by atoms with E-state index in [1.54, 1.807) is 22.1 Å². The normalized spacial score (nSPS) is 11.1. The lowest BCUT2D eigenvalue weighted by Crippen LogP contribution is -1.93. The Morgan fingerprint density at radius 2 is 1.78 bits per heavy atom. The third-order valence-corrected chi connectivity index (χ3v) is 4.94. The quantitative estimate of drug-likeness (QED) is 0.335. The van der Waals surface area contributed by atoms with E-state index in [4.69, 9.17) is 5.10 Å². The molecule has 0 aliphatic heterocycles. The molecular weight excluding hydrogens is 359 g/mol. The second-order valence-corrected chi connectivity index (χ2v) is 6.84. The SMILES string of the molecule is O=C(/C=C\c1cn(-c2ccccc2)nc1-c1cccs1)c1ccc(F)cc1. The Morgan fingerprint density at radius 3 is 2.48 bits per heavy atom. The minimum Gasteiger partial charge on any atom is -0.289 e. The van der Waals surface area contributed by atoms with Crippen LogP contribution in [0, 0.1) is 5.82 Å². The zero-order valence-corrected chi connectivity index (χ0v) is 15.1. The zero-order chi connectivity index (χ0) is 18.6. The molecule has 0 saturated carbocycles. The number of carbonyl (C=O) groups excluding carboxylic acids is 1. The number of para-hydroxylation sites is 1. The number of carbonyl (C=O) groups is 1. The first-order valence-corrected chi connectivity index (χ1v) is 9.25. The molecule has 2 aromatic carbocycles. The maximum Gasteiger partial charge on any atom is 0.185 e. The second-order valence-electron chi connectivity index (χ2n) is 5.89. The largest absolute Gasteiger partial charge is 0.289 e. The van der Waals surface area contributed by atoms with Crippen LogP contribution in [0.1, 0.15) is 15.9 Å². The van der Waals surface area contributed by atoms with Crippen LogP contribution in [0.4, 0.5) is 4.39 Å². The summed E-state index contributed by atoms with van der Waals surface area (Å²) in [6.07, 6.45) is 5.16. The molecule has 0 atom stereocenters. The number of ketones is 1. The van der Waals surface area contributed by atoms with E-state index in [1.807, 2.05) is 54.0 Å². The Hall–Kier alpha value is -3.31. The highest BCUT2D eigenvalue weighted by molar-refractivity contribution is 7.13. The molecule has 0 bridgehead atoms. The number of hydrogen-bond acceptors (Lipinski definition) is 3. The molecule has 132 valence electrons. The fourth-order valence-electron chi connectivity index (χ4n) is 2.70. The minimum absolute atomic E-state index is 0.181. The van der Waals surface area contributed by atoms with E-state index >= 15 is 0 Å². The molecule has 0 aliphatic rings. The molecule has 0 aliphatic carbocycles. The van der Waals surface area contributed by atoms with E-state index in [0.29, 0.717) is 5.56 Å². The van der Waals surface area contributed by atoms with Crippen molar-refractivity contribution in [3.8, 4) is 16.3 Å². The number of halogens is 1. The van der Waals surface area contributed by atoms with Crippen LogP contribution in [-0.2, 0) is 0 Å². The number of rotatable bonds is 5. The molecule has 0 fully saturated rings. The summed E-state index contributed by atoms with van der Waals surface area (Å²) in [4.78, 5) is 13.4. The summed E-state index contributed by atoms with van der Waals surface area (Å²) in [6, 6.07) is 19.3. The fraction of sp³-hybridized carbons (Fsp3) is 0. The smallest absolute Gasteiger partial charge is 0.185 e. The van der Waals surface area contributed by atoms with Gasteiger partial charge in [-0.1, -0.05) is 24.3 Å². The van der Waals surface area contributed by atoms with Crippen LogP contribution in [0.5, 0.6) is 0 Å². The Morgan fingerprint density at radius 1 is 1.00 bits per heavy atom. The summed E-state index contributed by atoms with van der Waals surface area (Å²) in [5.41, 5.74) is 3.05. The van der Waals surface area contributed by atoms with Gasteiger partial charge in [-0.3, -0.25) is 4.79 Å². The second kappa shape index (κ2) is 7.51. The Bertz CT molecular complexity index is 1080. The third-order valence-electron chi connectivity index (χ3n) is 4.06. The van der Waals surface area contributed by atoms with Crippen LogP contribution in [0.15, 0.2) is 84.4 Å². The van der Waals surface area contributed by atoms with Crippen LogP contribution in [0.25, 0.3) is 22.3 Å². The van der Waals surface area contributed by atoms with Crippen LogP contribution in [-0.4, -0.2) is 15.6 Å². The molecule has 0 unspecified atom stereocenters. The highest BCUT2D eigenvalue weighted by Gasteiger charge is 2.12. The van der Waals surface area contributed by atoms with Crippen molar-refractivity contribution in [2.75, 3.05) is 0 Å². The fourth-order valence-corrected chi connectivity index (χ4v) is 3.43. The minimum atomic E-state index is -0.361. The van der Waals surface area contributed by atoms with Gasteiger partial charge in [0.1, 0.15) is 11.5 Å². The molecule has 0 saturated heterocycles. The zero-order valence-electron chi connectivity index (χ0n) is 14.2. The predicted molar refractivity (Wildman–Crippen MR) is 107 cm³/mol. The van der Waals surface area contributed by atoms with Crippen molar-refractivity contribution >= 4 is 23.2 Å². The molecule has 27 heavy (non-hydrogen) atoms. The molecule has 4 aromatic rings. The van der Waals surface area contributed by atoms with Crippen molar-refractivity contribution in [2.24, 2.45) is 0 Å². The van der Waals surface area contributed by atoms with Gasteiger partial charge in [-0.25, -0.2) is 9.07 Å². The van der Waals surface area contributed by atoms with E-state index in [2.05, 4.69) is 0 Å². The van der Waals surface area contributed by atoms with Gasteiger partial charge in [-0.15, -0.1) is 11.3 Å². The lowest BCUT2D eigenvalue weighted by atomic mass is 10.1. The number of thiophene rings is 1. The molecule has 0 spiro atoms. The predicted octanol–water partition coefficient (Wildman–Crippen LogP) is 5.64. The molecule has 4 rings (SSSR count). The number of nitrogens with zero attached hydrogens (tertiary/aromatic N) is 2. The molecule has 0 radical (unpaired) electrons. The van der Waals surface area contributed by atoms with E-state index in [0.717, 1.165) is 21.8 Å². The summed E-state index contributed by atoms with van der Waals surface area (Å²) < 4.78 is 14.8. The molecule has 5 heteroatoms. The van der Waals surface area contributed by atoms with Crippen molar-refractivity contribution in [2.45, 2.75) is 0 Å². The van der Waals surface area contributed by atoms with Crippen molar-refractivity contribution in [3.63, 3.8) is 0 Å². The first kappa shape index (κ1) is 17.1. The van der Waals surface area contributed by atoms with Gasteiger partial charge in [-0.05, 0) is 60.0 Å². The maximum atomic E-state index is 13.0. The topological polar surface area (TPSA) is 34.9 Å². The number of hydrogen-bond donors (Lipinski definition) is 0. The van der Waals surface area contributed by atoms with E-state index in [1.165, 1.54) is 30.3 Å². The first-order chi connectivity index (χ1) is 13.2. The van der Waals surface area contributed by atoms with Gasteiger partial charge in [0.05, 0.1) is 10.6 Å². The molecular formula is C22H15FN2OS. The first-order valence-electron chi connectivity index (χ1n) is 8.38. The van der Waals surface area contributed by atoms with Crippen molar-refractivity contribution < 1.29 is 9.18 Å². The van der Waals surface area contributed by atoms with E-state index in [-0.39, 0.29) is 11.6 Å². The van der Waals surface area contributed by atoms with Gasteiger partial charge in [0.2, 0.25) is 0 Å². The molecule has 2 heterocycles. The van der Waals surface area contributed by atoms with Crippen LogP contribution in [0.3, 0.4) is 0 Å². The van der Waals surface area contributed by atoms with Crippen LogP contribution < -0.4 is 0 Å².